The summed E-state index contributed by atoms with van der Waals surface area (Å²) in [5.41, 5.74) is 0. The van der Waals surface area contributed by atoms with Crippen LogP contribution >= 0.6 is 11.6 Å². The maximum absolute atomic E-state index is 11.8. The summed E-state index contributed by atoms with van der Waals surface area (Å²) in [4.78, 5) is 14.1. The van der Waals surface area contributed by atoms with Gasteiger partial charge in [0.1, 0.15) is 5.75 Å². The van der Waals surface area contributed by atoms with Gasteiger partial charge in [-0.1, -0.05) is 17.7 Å². The minimum atomic E-state index is -0.0534. The molecule has 0 radical (unpaired) electrons. The molecule has 1 aliphatic rings. The van der Waals surface area contributed by atoms with Crippen molar-refractivity contribution in [3.63, 3.8) is 0 Å². The van der Waals surface area contributed by atoms with Crippen molar-refractivity contribution >= 4 is 17.6 Å². The topological polar surface area (TPSA) is 38.8 Å². The maximum Gasteiger partial charge on any atom is 0.310 e. The van der Waals surface area contributed by atoms with E-state index >= 15 is 0 Å². The van der Waals surface area contributed by atoms with Gasteiger partial charge in [-0.15, -0.1) is 0 Å². The fourth-order valence-corrected chi connectivity index (χ4v) is 2.93. The number of ether oxygens (including phenoxy) is 2. The zero-order valence-corrected chi connectivity index (χ0v) is 13.8. The number of nitrogens with zero attached hydrogens (tertiary/aromatic N) is 1. The Kier molecular flexibility index (Phi) is 7.00. The highest BCUT2D eigenvalue weighted by atomic mass is 35.5. The lowest BCUT2D eigenvalue weighted by atomic mass is 9.98. The molecule has 0 bridgehead atoms. The predicted molar refractivity (Wildman–Crippen MR) is 87.4 cm³/mol. The SMILES string of the molecule is CCOC(=O)C1CCCN(CCCOc2cccc(Cl)c2)C1. The largest absolute Gasteiger partial charge is 0.493 e. The van der Waals surface area contributed by atoms with Gasteiger partial charge in [0.15, 0.2) is 0 Å². The van der Waals surface area contributed by atoms with Crippen LogP contribution in [0.15, 0.2) is 24.3 Å². The predicted octanol–water partition coefficient (Wildman–Crippen LogP) is 3.38. The average Bonchev–Trinajstić information content (AvgIpc) is 2.52. The molecular weight excluding hydrogens is 302 g/mol. The first-order chi connectivity index (χ1) is 10.7. The number of benzene rings is 1. The molecule has 1 heterocycles. The highest BCUT2D eigenvalue weighted by molar-refractivity contribution is 6.30. The van der Waals surface area contributed by atoms with Gasteiger partial charge in [0.05, 0.1) is 19.1 Å². The van der Waals surface area contributed by atoms with E-state index in [-0.39, 0.29) is 11.9 Å². The molecule has 0 N–H and O–H groups in total. The second-order valence-corrected chi connectivity index (χ2v) is 5.99. The van der Waals surface area contributed by atoms with Crippen LogP contribution in [0.1, 0.15) is 26.2 Å². The summed E-state index contributed by atoms with van der Waals surface area (Å²) < 4.78 is 10.8. The Balaban J connectivity index is 1.67. The number of esters is 1. The Morgan fingerprint density at radius 1 is 1.45 bits per heavy atom. The van der Waals surface area contributed by atoms with Crippen LogP contribution in [-0.2, 0) is 9.53 Å². The fraction of sp³-hybridized carbons (Fsp3) is 0.588. The molecule has 0 aliphatic carbocycles. The molecule has 1 saturated heterocycles. The molecule has 1 unspecified atom stereocenters. The van der Waals surface area contributed by atoms with E-state index in [1.54, 1.807) is 0 Å². The summed E-state index contributed by atoms with van der Waals surface area (Å²) in [7, 11) is 0. The zero-order valence-electron chi connectivity index (χ0n) is 13.1. The van der Waals surface area contributed by atoms with Crippen LogP contribution in [0, 0.1) is 5.92 Å². The van der Waals surface area contributed by atoms with E-state index < -0.39 is 0 Å². The van der Waals surface area contributed by atoms with E-state index in [2.05, 4.69) is 4.90 Å². The van der Waals surface area contributed by atoms with E-state index in [1.807, 2.05) is 31.2 Å². The minimum Gasteiger partial charge on any atom is -0.493 e. The van der Waals surface area contributed by atoms with Crippen molar-refractivity contribution in [2.24, 2.45) is 5.92 Å². The van der Waals surface area contributed by atoms with Gasteiger partial charge in [0, 0.05) is 18.1 Å². The normalized spacial score (nSPS) is 18.9. The van der Waals surface area contributed by atoms with Crippen molar-refractivity contribution < 1.29 is 14.3 Å². The Morgan fingerprint density at radius 2 is 2.32 bits per heavy atom. The minimum absolute atomic E-state index is 0.0301. The van der Waals surface area contributed by atoms with E-state index in [0.717, 1.165) is 44.6 Å². The van der Waals surface area contributed by atoms with Crippen molar-refractivity contribution in [3.8, 4) is 5.75 Å². The lowest BCUT2D eigenvalue weighted by Crippen LogP contribution is -2.40. The highest BCUT2D eigenvalue weighted by Gasteiger charge is 2.26. The molecule has 1 aliphatic heterocycles. The van der Waals surface area contributed by atoms with Gasteiger partial charge in [0.25, 0.3) is 0 Å². The van der Waals surface area contributed by atoms with Gasteiger partial charge >= 0.3 is 5.97 Å². The Labute approximate surface area is 137 Å². The molecule has 1 aromatic carbocycles. The summed E-state index contributed by atoms with van der Waals surface area (Å²) in [6.45, 7) is 5.76. The van der Waals surface area contributed by atoms with Crippen molar-refractivity contribution in [1.29, 1.82) is 0 Å². The molecule has 1 fully saturated rings. The quantitative estimate of drug-likeness (QED) is 0.569. The third-order valence-corrected chi connectivity index (χ3v) is 4.04. The molecule has 0 saturated carbocycles. The van der Waals surface area contributed by atoms with Crippen LogP contribution in [0.3, 0.4) is 0 Å². The number of carbonyl (C=O) groups is 1. The number of likely N-dealkylation sites (tertiary alicyclic amines) is 1. The van der Waals surface area contributed by atoms with Crippen molar-refractivity contribution in [3.05, 3.63) is 29.3 Å². The summed E-state index contributed by atoms with van der Waals surface area (Å²) in [5.74, 6) is 0.778. The Morgan fingerprint density at radius 3 is 3.09 bits per heavy atom. The molecule has 122 valence electrons. The number of rotatable bonds is 7. The van der Waals surface area contributed by atoms with Crippen LogP contribution in [0.2, 0.25) is 5.02 Å². The van der Waals surface area contributed by atoms with Crippen molar-refractivity contribution in [1.82, 2.24) is 4.90 Å². The van der Waals surface area contributed by atoms with Crippen LogP contribution in [0.25, 0.3) is 0 Å². The van der Waals surface area contributed by atoms with E-state index in [0.29, 0.717) is 18.2 Å². The van der Waals surface area contributed by atoms with Gasteiger partial charge in [-0.3, -0.25) is 4.79 Å². The average molecular weight is 326 g/mol. The van der Waals surface area contributed by atoms with Gasteiger partial charge in [-0.25, -0.2) is 0 Å². The molecule has 0 spiro atoms. The van der Waals surface area contributed by atoms with Gasteiger partial charge in [-0.2, -0.15) is 0 Å². The zero-order chi connectivity index (χ0) is 15.8. The molecule has 2 rings (SSSR count). The molecular formula is C17H24ClNO3. The molecule has 4 nitrogen and oxygen atoms in total. The molecule has 0 amide bonds. The second kappa shape index (κ2) is 9.01. The van der Waals surface area contributed by atoms with Crippen LogP contribution in [0.4, 0.5) is 0 Å². The highest BCUT2D eigenvalue weighted by Crippen LogP contribution is 2.19. The van der Waals surface area contributed by atoms with Gasteiger partial charge in [-0.05, 0) is 50.9 Å². The fourth-order valence-electron chi connectivity index (χ4n) is 2.75. The molecule has 1 aromatic rings. The first kappa shape index (κ1) is 17.1. The second-order valence-electron chi connectivity index (χ2n) is 5.55. The number of piperidine rings is 1. The Hall–Kier alpha value is -1.26. The monoisotopic (exact) mass is 325 g/mol. The van der Waals surface area contributed by atoms with Crippen molar-refractivity contribution in [2.45, 2.75) is 26.2 Å². The summed E-state index contributed by atoms with van der Waals surface area (Å²) in [6, 6.07) is 7.44. The Bertz CT molecular complexity index is 481. The van der Waals surface area contributed by atoms with E-state index in [9.17, 15) is 4.79 Å². The first-order valence-electron chi connectivity index (χ1n) is 7.96. The van der Waals surface area contributed by atoms with Crippen molar-refractivity contribution in [2.75, 3.05) is 32.8 Å². The third-order valence-electron chi connectivity index (χ3n) is 3.81. The number of carbonyl (C=O) groups excluding carboxylic acids is 1. The van der Waals surface area contributed by atoms with Gasteiger partial charge in [0.2, 0.25) is 0 Å². The third kappa shape index (κ3) is 5.50. The maximum atomic E-state index is 11.8. The smallest absolute Gasteiger partial charge is 0.310 e. The number of hydrogen-bond acceptors (Lipinski definition) is 4. The van der Waals surface area contributed by atoms with Crippen LogP contribution in [-0.4, -0.2) is 43.7 Å². The summed E-state index contributed by atoms with van der Waals surface area (Å²) >= 11 is 5.92. The number of hydrogen-bond donors (Lipinski definition) is 0. The summed E-state index contributed by atoms with van der Waals surface area (Å²) in [5, 5.41) is 0.686. The lowest BCUT2D eigenvalue weighted by Gasteiger charge is -2.31. The molecule has 1 atom stereocenters. The van der Waals surface area contributed by atoms with Crippen LogP contribution in [0.5, 0.6) is 5.75 Å². The molecule has 5 heteroatoms. The molecule has 22 heavy (non-hydrogen) atoms. The summed E-state index contributed by atoms with van der Waals surface area (Å²) in [6.07, 6.45) is 2.93. The standard InChI is InChI=1S/C17H24ClNO3/c1-2-21-17(20)14-6-4-9-19(13-14)10-5-11-22-16-8-3-7-15(18)12-16/h3,7-8,12,14H,2,4-6,9-11,13H2,1H3. The van der Waals surface area contributed by atoms with Gasteiger partial charge < -0.3 is 14.4 Å². The first-order valence-corrected chi connectivity index (χ1v) is 8.34. The van der Waals surface area contributed by atoms with E-state index in [4.69, 9.17) is 21.1 Å². The lowest BCUT2D eigenvalue weighted by molar-refractivity contribution is -0.149. The molecule has 0 aromatic heterocycles. The van der Waals surface area contributed by atoms with Crippen LogP contribution < -0.4 is 4.74 Å². The van der Waals surface area contributed by atoms with E-state index in [1.165, 1.54) is 0 Å². The number of halogens is 1.